The Morgan fingerprint density at radius 1 is 1.54 bits per heavy atom. The van der Waals surface area contributed by atoms with Gasteiger partial charge in [-0.15, -0.1) is 11.3 Å². The number of ether oxygens (including phenoxy) is 1. The van der Waals surface area contributed by atoms with Gasteiger partial charge in [0.05, 0.1) is 29.3 Å². The van der Waals surface area contributed by atoms with Crippen molar-refractivity contribution in [2.45, 2.75) is 57.8 Å². The molecular weight excluding hydrogens is 379 g/mol. The van der Waals surface area contributed by atoms with Crippen LogP contribution >= 0.6 is 11.3 Å². The number of nitrogens with zero attached hydrogens (tertiary/aromatic N) is 1. The second kappa shape index (κ2) is 9.11. The third kappa shape index (κ3) is 5.16. The molecule has 7 heteroatoms. The van der Waals surface area contributed by atoms with Gasteiger partial charge < -0.3 is 15.2 Å². The maximum absolute atomic E-state index is 13.3. The van der Waals surface area contributed by atoms with Crippen LogP contribution in [0.15, 0.2) is 29.1 Å². The Morgan fingerprint density at radius 3 is 3.00 bits per heavy atom. The quantitative estimate of drug-likeness (QED) is 0.782. The summed E-state index contributed by atoms with van der Waals surface area (Å²) in [6.07, 6.45) is 3.89. The van der Waals surface area contributed by atoms with Gasteiger partial charge in [0.1, 0.15) is 5.82 Å². The Hall–Kier alpha value is -1.83. The van der Waals surface area contributed by atoms with Gasteiger partial charge in [-0.25, -0.2) is 9.37 Å². The molecule has 1 aromatic carbocycles. The minimum Gasteiger partial charge on any atom is -0.481 e. The topological polar surface area (TPSA) is 71.5 Å². The van der Waals surface area contributed by atoms with Crippen LogP contribution in [0, 0.1) is 11.7 Å². The van der Waals surface area contributed by atoms with E-state index in [1.807, 2.05) is 11.4 Å². The van der Waals surface area contributed by atoms with E-state index in [0.29, 0.717) is 19.1 Å². The Morgan fingerprint density at radius 2 is 2.36 bits per heavy atom. The third-order valence-corrected chi connectivity index (χ3v) is 6.04. The van der Waals surface area contributed by atoms with Crippen LogP contribution in [0.5, 0.6) is 0 Å². The summed E-state index contributed by atoms with van der Waals surface area (Å²) in [6.45, 7) is 5.47. The molecule has 5 nitrogen and oxygen atoms in total. The van der Waals surface area contributed by atoms with Crippen LogP contribution in [-0.2, 0) is 28.2 Å². The van der Waals surface area contributed by atoms with Crippen molar-refractivity contribution >= 4 is 17.3 Å². The van der Waals surface area contributed by atoms with Crippen LogP contribution in [0.1, 0.15) is 49.9 Å². The van der Waals surface area contributed by atoms with E-state index in [1.54, 1.807) is 18.5 Å². The molecule has 0 saturated carbocycles. The van der Waals surface area contributed by atoms with Crippen molar-refractivity contribution < 1.29 is 19.0 Å². The highest BCUT2D eigenvalue weighted by Gasteiger charge is 2.38. The summed E-state index contributed by atoms with van der Waals surface area (Å²) < 4.78 is 19.3. The lowest BCUT2D eigenvalue weighted by Crippen LogP contribution is -2.32. The number of hydrogen-bond acceptors (Lipinski definition) is 5. The summed E-state index contributed by atoms with van der Waals surface area (Å²) in [4.78, 5) is 14.4. The van der Waals surface area contributed by atoms with Crippen LogP contribution in [0.4, 0.5) is 4.39 Å². The van der Waals surface area contributed by atoms with E-state index in [0.717, 1.165) is 29.8 Å². The molecule has 2 N–H and O–H groups in total. The SMILES string of the molecule is CC(Cc1cscn1)C(=O)O.CC1(CC2CCCN2)OCc2ccc(F)cc21. The number of fused-ring (bicyclic) bond motifs is 1. The molecule has 0 radical (unpaired) electrons. The van der Waals surface area contributed by atoms with E-state index >= 15 is 0 Å². The van der Waals surface area contributed by atoms with Gasteiger partial charge in [-0.2, -0.15) is 0 Å². The number of thiazole rings is 1. The number of carboxylic acid groups (broad SMARTS) is 1. The molecule has 3 unspecified atom stereocenters. The number of carbonyl (C=O) groups is 1. The number of hydrogen-bond donors (Lipinski definition) is 2. The Balaban J connectivity index is 0.000000178. The lowest BCUT2D eigenvalue weighted by Gasteiger charge is -2.28. The molecule has 2 aliphatic heterocycles. The molecule has 1 saturated heterocycles. The lowest BCUT2D eigenvalue weighted by molar-refractivity contribution is -0.141. The fourth-order valence-electron chi connectivity index (χ4n) is 3.79. The molecule has 2 aliphatic rings. The summed E-state index contributed by atoms with van der Waals surface area (Å²) in [7, 11) is 0. The van der Waals surface area contributed by atoms with E-state index < -0.39 is 5.97 Å². The van der Waals surface area contributed by atoms with Gasteiger partial charge in [-0.1, -0.05) is 13.0 Å². The van der Waals surface area contributed by atoms with Gasteiger partial charge in [0.2, 0.25) is 0 Å². The number of aliphatic carboxylic acids is 1. The van der Waals surface area contributed by atoms with Crippen molar-refractivity contribution in [3.8, 4) is 0 Å². The zero-order valence-corrected chi connectivity index (χ0v) is 17.1. The van der Waals surface area contributed by atoms with Crippen molar-refractivity contribution in [1.82, 2.24) is 10.3 Å². The first-order valence-electron chi connectivity index (χ1n) is 9.63. The highest BCUT2D eigenvalue weighted by atomic mass is 32.1. The van der Waals surface area contributed by atoms with E-state index in [-0.39, 0.29) is 17.3 Å². The summed E-state index contributed by atoms with van der Waals surface area (Å²) in [5.74, 6) is -1.27. The van der Waals surface area contributed by atoms with E-state index in [4.69, 9.17) is 9.84 Å². The van der Waals surface area contributed by atoms with E-state index in [2.05, 4.69) is 17.2 Å². The first-order valence-corrected chi connectivity index (χ1v) is 10.6. The number of aromatic nitrogens is 1. The Labute approximate surface area is 169 Å². The molecule has 0 amide bonds. The molecule has 1 fully saturated rings. The van der Waals surface area contributed by atoms with Gasteiger partial charge in [0, 0.05) is 17.8 Å². The van der Waals surface area contributed by atoms with Crippen LogP contribution in [0.25, 0.3) is 0 Å². The summed E-state index contributed by atoms with van der Waals surface area (Å²) >= 11 is 1.49. The second-order valence-corrected chi connectivity index (χ2v) is 8.46. The standard InChI is InChI=1S/C14H18FNO.C7H9NO2S/c1-14(8-12-3-2-6-16-12)13-7-11(15)5-4-10(13)9-17-14;1-5(7(9)10)2-6-3-11-4-8-6/h4-5,7,12,16H,2-3,6,8-9H2,1H3;3-5H,2H2,1H3,(H,9,10). The number of benzene rings is 1. The molecule has 1 aromatic heterocycles. The van der Waals surface area contributed by atoms with Crippen molar-refractivity contribution in [2.24, 2.45) is 5.92 Å². The zero-order chi connectivity index (χ0) is 20.1. The van der Waals surface area contributed by atoms with Crippen LogP contribution in [-0.4, -0.2) is 28.6 Å². The third-order valence-electron chi connectivity index (χ3n) is 5.41. The number of rotatable bonds is 5. The van der Waals surface area contributed by atoms with Crippen molar-refractivity contribution in [1.29, 1.82) is 0 Å². The zero-order valence-electron chi connectivity index (χ0n) is 16.3. The molecule has 28 heavy (non-hydrogen) atoms. The van der Waals surface area contributed by atoms with Crippen molar-refractivity contribution in [2.75, 3.05) is 6.54 Å². The van der Waals surface area contributed by atoms with Crippen LogP contribution in [0.2, 0.25) is 0 Å². The van der Waals surface area contributed by atoms with Crippen LogP contribution in [0.3, 0.4) is 0 Å². The summed E-state index contributed by atoms with van der Waals surface area (Å²) in [6, 6.07) is 5.51. The molecule has 0 bridgehead atoms. The Kier molecular flexibility index (Phi) is 6.80. The molecule has 0 spiro atoms. The average molecular weight is 407 g/mol. The summed E-state index contributed by atoms with van der Waals surface area (Å²) in [5.41, 5.74) is 4.42. The molecule has 3 heterocycles. The predicted molar refractivity (Wildman–Crippen MR) is 107 cm³/mol. The molecule has 0 aliphatic carbocycles. The smallest absolute Gasteiger partial charge is 0.306 e. The summed E-state index contributed by atoms with van der Waals surface area (Å²) in [5, 5.41) is 13.9. The molecule has 2 aromatic rings. The molecule has 152 valence electrons. The second-order valence-electron chi connectivity index (χ2n) is 7.74. The van der Waals surface area contributed by atoms with Gasteiger partial charge in [0.25, 0.3) is 0 Å². The first kappa shape index (κ1) is 20.9. The number of carboxylic acids is 1. The van der Waals surface area contributed by atoms with Crippen LogP contribution < -0.4 is 5.32 Å². The van der Waals surface area contributed by atoms with Gasteiger partial charge in [-0.3, -0.25) is 4.79 Å². The number of nitrogens with one attached hydrogen (secondary N) is 1. The minimum absolute atomic E-state index is 0.167. The average Bonchev–Trinajstić information content (AvgIpc) is 3.40. The van der Waals surface area contributed by atoms with Crippen molar-refractivity contribution in [3.63, 3.8) is 0 Å². The van der Waals surface area contributed by atoms with Crippen molar-refractivity contribution in [3.05, 3.63) is 51.7 Å². The predicted octanol–water partition coefficient (Wildman–Crippen LogP) is 4.12. The highest BCUT2D eigenvalue weighted by Crippen LogP contribution is 2.40. The normalized spacial score (nSPS) is 24.3. The van der Waals surface area contributed by atoms with E-state index in [9.17, 15) is 9.18 Å². The molecular formula is C21H27FN2O3S. The number of halogens is 1. The highest BCUT2D eigenvalue weighted by molar-refractivity contribution is 7.07. The Bertz CT molecular complexity index is 793. The van der Waals surface area contributed by atoms with Gasteiger partial charge in [0.15, 0.2) is 0 Å². The fourth-order valence-corrected chi connectivity index (χ4v) is 4.36. The van der Waals surface area contributed by atoms with E-state index in [1.165, 1.54) is 30.2 Å². The maximum Gasteiger partial charge on any atom is 0.306 e. The fraction of sp³-hybridized carbons (Fsp3) is 0.524. The molecule has 3 atom stereocenters. The largest absolute Gasteiger partial charge is 0.481 e. The van der Waals surface area contributed by atoms with Gasteiger partial charge in [-0.05, 0) is 56.0 Å². The maximum atomic E-state index is 13.3. The first-order chi connectivity index (χ1) is 13.4. The monoisotopic (exact) mass is 406 g/mol. The molecule has 4 rings (SSSR count). The minimum atomic E-state index is -0.766. The van der Waals surface area contributed by atoms with Gasteiger partial charge >= 0.3 is 5.97 Å². The lowest BCUT2D eigenvalue weighted by atomic mass is 9.87.